The lowest BCUT2D eigenvalue weighted by molar-refractivity contribution is -0.384. The Kier molecular flexibility index (Phi) is 5.78. The van der Waals surface area contributed by atoms with Crippen LogP contribution in [0.3, 0.4) is 0 Å². The van der Waals surface area contributed by atoms with Crippen molar-refractivity contribution < 1.29 is 4.92 Å². The van der Waals surface area contributed by atoms with Crippen LogP contribution >= 0.6 is 11.8 Å². The van der Waals surface area contributed by atoms with Gasteiger partial charge in [0.2, 0.25) is 0 Å². The number of hydrogen-bond acceptors (Lipinski definition) is 4. The summed E-state index contributed by atoms with van der Waals surface area (Å²) in [5.74, 6) is 1.91. The summed E-state index contributed by atoms with van der Waals surface area (Å²) in [6.45, 7) is 3.16. The number of aromatic amines is 1. The molecule has 4 rings (SSSR count). The molecule has 0 spiro atoms. The molecular formula is C22H23N3O2S. The van der Waals surface area contributed by atoms with E-state index in [2.05, 4.69) is 46.3 Å². The molecule has 1 aliphatic heterocycles. The van der Waals surface area contributed by atoms with Crippen LogP contribution in [-0.4, -0.2) is 40.2 Å². The number of aromatic nitrogens is 1. The van der Waals surface area contributed by atoms with Gasteiger partial charge in [0.05, 0.1) is 4.92 Å². The average Bonchev–Trinajstić information content (AvgIpc) is 3.14. The van der Waals surface area contributed by atoms with Crippen LogP contribution < -0.4 is 0 Å². The van der Waals surface area contributed by atoms with E-state index >= 15 is 0 Å². The fourth-order valence-corrected chi connectivity index (χ4v) is 4.59. The predicted molar refractivity (Wildman–Crippen MR) is 117 cm³/mol. The van der Waals surface area contributed by atoms with Crippen LogP contribution in [-0.2, 0) is 5.75 Å². The van der Waals surface area contributed by atoms with Gasteiger partial charge in [-0.2, -0.15) is 11.8 Å². The maximum absolute atomic E-state index is 11.0. The summed E-state index contributed by atoms with van der Waals surface area (Å²) in [4.78, 5) is 16.4. The zero-order valence-corrected chi connectivity index (χ0v) is 16.5. The second-order valence-electron chi connectivity index (χ2n) is 7.00. The minimum Gasteiger partial charge on any atom is -0.361 e. The number of nitro groups is 1. The first-order chi connectivity index (χ1) is 13.7. The summed E-state index contributed by atoms with van der Waals surface area (Å²) in [5, 5.41) is 12.0. The standard InChI is InChI=1S/C22H23N3O2S/c26-25(27)20-6-7-22-21(14-20)19(15-23-22)16-28-13-12-24-10-8-18(9-11-24)17-4-2-1-3-5-17/h1-8,14-15,23H,9-13,16H2. The summed E-state index contributed by atoms with van der Waals surface area (Å²) in [6, 6.07) is 15.6. The number of nitro benzene ring substituents is 1. The van der Waals surface area contributed by atoms with Crippen LogP contribution in [0.2, 0.25) is 0 Å². The van der Waals surface area contributed by atoms with Crippen LogP contribution in [0.4, 0.5) is 5.69 Å². The van der Waals surface area contributed by atoms with Gasteiger partial charge in [-0.3, -0.25) is 15.0 Å². The summed E-state index contributed by atoms with van der Waals surface area (Å²) < 4.78 is 0. The molecule has 1 aliphatic rings. The Morgan fingerprint density at radius 3 is 2.79 bits per heavy atom. The second kappa shape index (κ2) is 8.63. The molecule has 1 aromatic heterocycles. The van der Waals surface area contributed by atoms with Crippen molar-refractivity contribution in [2.75, 3.05) is 25.4 Å². The van der Waals surface area contributed by atoms with Gasteiger partial charge in [-0.15, -0.1) is 0 Å². The highest BCUT2D eigenvalue weighted by atomic mass is 32.2. The van der Waals surface area contributed by atoms with Crippen molar-refractivity contribution in [2.24, 2.45) is 0 Å². The van der Waals surface area contributed by atoms with Gasteiger partial charge < -0.3 is 4.98 Å². The van der Waals surface area contributed by atoms with E-state index in [0.717, 1.165) is 54.0 Å². The minimum absolute atomic E-state index is 0.146. The van der Waals surface area contributed by atoms with Crippen LogP contribution in [0.5, 0.6) is 0 Å². The molecule has 0 unspecified atom stereocenters. The maximum Gasteiger partial charge on any atom is 0.270 e. The largest absolute Gasteiger partial charge is 0.361 e. The number of nitrogens with zero attached hydrogens (tertiary/aromatic N) is 2. The van der Waals surface area contributed by atoms with E-state index in [1.807, 2.05) is 18.0 Å². The minimum atomic E-state index is -0.336. The number of rotatable bonds is 7. The third-order valence-corrected chi connectivity index (χ3v) is 6.20. The molecule has 0 amide bonds. The van der Waals surface area contributed by atoms with E-state index in [9.17, 15) is 10.1 Å². The topological polar surface area (TPSA) is 62.2 Å². The average molecular weight is 394 g/mol. The van der Waals surface area contributed by atoms with Crippen LogP contribution in [0.25, 0.3) is 16.5 Å². The van der Waals surface area contributed by atoms with E-state index in [1.54, 1.807) is 18.2 Å². The summed E-state index contributed by atoms with van der Waals surface area (Å²) >= 11 is 1.88. The summed E-state index contributed by atoms with van der Waals surface area (Å²) in [7, 11) is 0. The van der Waals surface area contributed by atoms with E-state index in [-0.39, 0.29) is 10.6 Å². The molecule has 0 bridgehead atoms. The van der Waals surface area contributed by atoms with E-state index < -0.39 is 0 Å². The van der Waals surface area contributed by atoms with Crippen LogP contribution in [0, 0.1) is 10.1 Å². The molecule has 2 aromatic carbocycles. The molecule has 5 nitrogen and oxygen atoms in total. The number of hydrogen-bond donors (Lipinski definition) is 1. The van der Waals surface area contributed by atoms with E-state index in [1.165, 1.54) is 11.1 Å². The molecule has 0 aliphatic carbocycles. The fraction of sp³-hybridized carbons (Fsp3) is 0.273. The van der Waals surface area contributed by atoms with E-state index in [0.29, 0.717) is 0 Å². The number of non-ortho nitro benzene ring substituents is 1. The lowest BCUT2D eigenvalue weighted by Gasteiger charge is -2.26. The van der Waals surface area contributed by atoms with Gasteiger partial charge in [-0.05, 0) is 29.2 Å². The zero-order chi connectivity index (χ0) is 19.3. The van der Waals surface area contributed by atoms with Crippen molar-refractivity contribution in [2.45, 2.75) is 12.2 Å². The fourth-order valence-electron chi connectivity index (χ4n) is 3.60. The van der Waals surface area contributed by atoms with Gasteiger partial charge in [0, 0.05) is 60.4 Å². The predicted octanol–water partition coefficient (Wildman–Crippen LogP) is 5.10. The monoisotopic (exact) mass is 393 g/mol. The smallest absolute Gasteiger partial charge is 0.270 e. The van der Waals surface area contributed by atoms with Gasteiger partial charge >= 0.3 is 0 Å². The van der Waals surface area contributed by atoms with Gasteiger partial charge in [0.1, 0.15) is 0 Å². The van der Waals surface area contributed by atoms with Crippen molar-refractivity contribution in [3.63, 3.8) is 0 Å². The summed E-state index contributed by atoms with van der Waals surface area (Å²) in [5.41, 5.74) is 5.02. The van der Waals surface area contributed by atoms with Gasteiger partial charge in [0.15, 0.2) is 0 Å². The van der Waals surface area contributed by atoms with Crippen molar-refractivity contribution >= 4 is 33.9 Å². The Morgan fingerprint density at radius 1 is 1.18 bits per heavy atom. The highest BCUT2D eigenvalue weighted by Gasteiger charge is 2.13. The van der Waals surface area contributed by atoms with Crippen LogP contribution in [0.15, 0.2) is 60.8 Å². The van der Waals surface area contributed by atoms with Crippen molar-refractivity contribution in [1.29, 1.82) is 0 Å². The Bertz CT molecular complexity index is 997. The zero-order valence-electron chi connectivity index (χ0n) is 15.6. The molecule has 0 saturated carbocycles. The molecule has 0 saturated heterocycles. The third-order valence-electron chi connectivity index (χ3n) is 5.21. The highest BCUT2D eigenvalue weighted by Crippen LogP contribution is 2.27. The number of thioether (sulfide) groups is 1. The van der Waals surface area contributed by atoms with Crippen molar-refractivity contribution in [3.05, 3.63) is 82.0 Å². The van der Waals surface area contributed by atoms with E-state index in [4.69, 9.17) is 0 Å². The molecule has 0 atom stereocenters. The molecule has 6 heteroatoms. The third kappa shape index (κ3) is 4.29. The molecule has 0 fully saturated rings. The first-order valence-corrected chi connectivity index (χ1v) is 10.6. The normalized spacial score (nSPS) is 14.9. The Hall–Kier alpha value is -2.57. The van der Waals surface area contributed by atoms with Gasteiger partial charge in [-0.25, -0.2) is 0 Å². The van der Waals surface area contributed by atoms with Crippen LogP contribution in [0.1, 0.15) is 17.5 Å². The SMILES string of the molecule is O=[N+]([O-])c1ccc2[nH]cc(CSCCN3CC=C(c4ccccc4)CC3)c2c1. The quantitative estimate of drug-likeness (QED) is 0.345. The van der Waals surface area contributed by atoms with Gasteiger partial charge in [-0.1, -0.05) is 36.4 Å². The summed E-state index contributed by atoms with van der Waals surface area (Å²) in [6.07, 6.45) is 5.42. The lowest BCUT2D eigenvalue weighted by Crippen LogP contribution is -2.30. The van der Waals surface area contributed by atoms with Gasteiger partial charge in [0.25, 0.3) is 5.69 Å². The first kappa shape index (κ1) is 18.8. The van der Waals surface area contributed by atoms with Crippen molar-refractivity contribution in [1.82, 2.24) is 9.88 Å². The number of fused-ring (bicyclic) bond motifs is 1. The maximum atomic E-state index is 11.0. The first-order valence-electron chi connectivity index (χ1n) is 9.49. The molecule has 144 valence electrons. The molecule has 2 heterocycles. The Labute approximate surface area is 168 Å². The highest BCUT2D eigenvalue weighted by molar-refractivity contribution is 7.98. The molecule has 3 aromatic rings. The van der Waals surface area contributed by atoms with Crippen molar-refractivity contribution in [3.8, 4) is 0 Å². The molecular weight excluding hydrogens is 370 g/mol. The molecule has 0 radical (unpaired) electrons. The molecule has 1 N–H and O–H groups in total. The number of H-pyrrole nitrogens is 1. The Morgan fingerprint density at radius 2 is 2.04 bits per heavy atom. The number of nitrogens with one attached hydrogen (secondary N) is 1. The Balaban J connectivity index is 1.28. The number of benzene rings is 2. The second-order valence-corrected chi connectivity index (χ2v) is 8.10. The lowest BCUT2D eigenvalue weighted by atomic mass is 10.00. The molecule has 28 heavy (non-hydrogen) atoms.